The fourth-order valence-corrected chi connectivity index (χ4v) is 7.02. The van der Waals surface area contributed by atoms with Crippen LogP contribution in [0.15, 0.2) is 101 Å². The van der Waals surface area contributed by atoms with Gasteiger partial charge in [-0.05, 0) is 34.6 Å². The summed E-state index contributed by atoms with van der Waals surface area (Å²) in [5.41, 5.74) is 3.44. The molecule has 3 atom stereocenters. The fraction of sp³-hybridized carbons (Fsp3) is 0.355. The van der Waals surface area contributed by atoms with Crippen molar-refractivity contribution >= 4 is 23.5 Å². The third-order valence-electron chi connectivity index (χ3n) is 6.38. The zero-order valence-electron chi connectivity index (χ0n) is 21.0. The lowest BCUT2D eigenvalue weighted by atomic mass is 10.00. The van der Waals surface area contributed by atoms with E-state index in [-0.39, 0.29) is 18.3 Å². The maximum atomic E-state index is 6.66. The van der Waals surface area contributed by atoms with Gasteiger partial charge in [0.05, 0.1) is 36.8 Å². The minimum absolute atomic E-state index is 0.131. The minimum Gasteiger partial charge on any atom is -0.488 e. The summed E-state index contributed by atoms with van der Waals surface area (Å²) in [7, 11) is 0. The lowest BCUT2D eigenvalue weighted by molar-refractivity contribution is -0.178. The van der Waals surface area contributed by atoms with E-state index in [1.54, 1.807) is 0 Å². The molecule has 0 radical (unpaired) electrons. The van der Waals surface area contributed by atoms with Crippen LogP contribution < -0.4 is 0 Å². The maximum absolute atomic E-state index is 6.66. The smallest absolute Gasteiger partial charge is 0.150 e. The van der Waals surface area contributed by atoms with E-state index in [1.807, 2.05) is 66.0 Å². The zero-order chi connectivity index (χ0) is 25.1. The summed E-state index contributed by atoms with van der Waals surface area (Å²) in [6.45, 7) is 2.02. The van der Waals surface area contributed by atoms with E-state index in [2.05, 4.69) is 48.5 Å². The van der Waals surface area contributed by atoms with Crippen molar-refractivity contribution in [2.24, 2.45) is 0 Å². The quantitative estimate of drug-likeness (QED) is 0.274. The lowest BCUT2D eigenvalue weighted by Gasteiger charge is -2.40. The van der Waals surface area contributed by atoms with Crippen LogP contribution in [0.3, 0.4) is 0 Å². The van der Waals surface area contributed by atoms with Crippen LogP contribution in [-0.4, -0.2) is 36.4 Å². The summed E-state index contributed by atoms with van der Waals surface area (Å²) in [6, 6.07) is 30.9. The first-order valence-electron chi connectivity index (χ1n) is 12.9. The van der Waals surface area contributed by atoms with Gasteiger partial charge in [-0.15, -0.1) is 23.5 Å². The van der Waals surface area contributed by atoms with E-state index in [0.717, 1.165) is 34.0 Å². The van der Waals surface area contributed by atoms with Crippen LogP contribution in [0, 0.1) is 0 Å². The Morgan fingerprint density at radius 2 is 1.22 bits per heavy atom. The van der Waals surface area contributed by atoms with Gasteiger partial charge in [0, 0.05) is 6.42 Å². The number of benzene rings is 3. The molecule has 2 fully saturated rings. The highest BCUT2D eigenvalue weighted by atomic mass is 32.2. The molecule has 0 aliphatic carbocycles. The Morgan fingerprint density at radius 3 is 1.81 bits per heavy atom. The second-order valence-corrected chi connectivity index (χ2v) is 11.7. The van der Waals surface area contributed by atoms with E-state index < -0.39 is 0 Å². The summed E-state index contributed by atoms with van der Waals surface area (Å²) < 4.78 is 27.3. The van der Waals surface area contributed by atoms with E-state index >= 15 is 0 Å². The van der Waals surface area contributed by atoms with Crippen molar-refractivity contribution in [2.45, 2.75) is 51.0 Å². The Labute approximate surface area is 228 Å². The van der Waals surface area contributed by atoms with Gasteiger partial charge in [-0.1, -0.05) is 91.0 Å². The van der Waals surface area contributed by atoms with Gasteiger partial charge in [0.15, 0.2) is 6.10 Å². The highest BCUT2D eigenvalue weighted by molar-refractivity contribution is 8.22. The van der Waals surface area contributed by atoms with Crippen molar-refractivity contribution in [3.63, 3.8) is 0 Å². The predicted octanol–water partition coefficient (Wildman–Crippen LogP) is 7.20. The fourth-order valence-electron chi connectivity index (χ4n) is 4.47. The molecule has 2 saturated heterocycles. The molecular formula is C31H34O4S2. The van der Waals surface area contributed by atoms with Crippen molar-refractivity contribution < 1.29 is 18.9 Å². The molecule has 2 aliphatic rings. The molecule has 2 heterocycles. The van der Waals surface area contributed by atoms with Crippen LogP contribution in [0.4, 0.5) is 0 Å². The molecule has 4 nitrogen and oxygen atoms in total. The SMILES string of the molecule is c1ccc(COC[C@H]2OC(=C3SCCCS3)C[C@@H](OCc3ccccc3)[C@@H]2OCc2ccccc2)cc1. The molecule has 37 heavy (non-hydrogen) atoms. The van der Waals surface area contributed by atoms with E-state index in [9.17, 15) is 0 Å². The Balaban J connectivity index is 1.35. The molecule has 0 spiro atoms. The monoisotopic (exact) mass is 534 g/mol. The highest BCUT2D eigenvalue weighted by Gasteiger charge is 2.40. The van der Waals surface area contributed by atoms with Gasteiger partial charge in [-0.2, -0.15) is 0 Å². The topological polar surface area (TPSA) is 36.9 Å². The van der Waals surface area contributed by atoms with Crippen molar-refractivity contribution in [1.29, 1.82) is 0 Å². The third-order valence-corrected chi connectivity index (χ3v) is 9.05. The van der Waals surface area contributed by atoms with E-state index in [1.165, 1.54) is 10.7 Å². The average Bonchev–Trinajstić information content (AvgIpc) is 2.97. The van der Waals surface area contributed by atoms with Gasteiger partial charge >= 0.3 is 0 Å². The molecule has 5 rings (SSSR count). The Kier molecular flexibility index (Phi) is 10.0. The number of rotatable bonds is 10. The first-order valence-corrected chi connectivity index (χ1v) is 14.9. The van der Waals surface area contributed by atoms with Gasteiger partial charge in [0.2, 0.25) is 0 Å². The Bertz CT molecular complexity index is 1100. The normalized spacial score (nSPS) is 22.0. The summed E-state index contributed by atoms with van der Waals surface area (Å²) >= 11 is 3.80. The van der Waals surface area contributed by atoms with Gasteiger partial charge in [0.25, 0.3) is 0 Å². The predicted molar refractivity (Wildman–Crippen MR) is 152 cm³/mol. The standard InChI is InChI=1S/C31H34O4S2/c1-4-11-24(12-5-1)20-32-23-29-30(34-22-26-15-8-3-9-16-26)27(33-21-25-13-6-2-7-14-25)19-28(35-29)31-36-17-10-18-37-31/h1-9,11-16,27,29-30H,10,17-23H2/t27-,29-,30+/m1/s1. The van der Waals surface area contributed by atoms with Crippen LogP contribution >= 0.6 is 23.5 Å². The van der Waals surface area contributed by atoms with Gasteiger partial charge in [-0.3, -0.25) is 0 Å². The molecule has 6 heteroatoms. The second kappa shape index (κ2) is 14.1. The van der Waals surface area contributed by atoms with E-state index in [0.29, 0.717) is 32.8 Å². The molecule has 0 saturated carbocycles. The van der Waals surface area contributed by atoms with Gasteiger partial charge < -0.3 is 18.9 Å². The molecular weight excluding hydrogens is 500 g/mol. The van der Waals surface area contributed by atoms with Crippen LogP contribution in [0.5, 0.6) is 0 Å². The molecule has 3 aromatic carbocycles. The first-order chi connectivity index (χ1) is 18.3. The number of thioether (sulfide) groups is 2. The van der Waals surface area contributed by atoms with Gasteiger partial charge in [0.1, 0.15) is 11.9 Å². The lowest BCUT2D eigenvalue weighted by Crippen LogP contribution is -2.49. The molecule has 0 aromatic heterocycles. The minimum atomic E-state index is -0.257. The molecule has 3 aromatic rings. The molecule has 2 aliphatic heterocycles. The first kappa shape index (κ1) is 26.4. The number of hydrogen-bond acceptors (Lipinski definition) is 6. The van der Waals surface area contributed by atoms with Crippen LogP contribution in [0.1, 0.15) is 29.5 Å². The Hall–Kier alpha value is -2.22. The second-order valence-electron chi connectivity index (χ2n) is 9.22. The maximum Gasteiger partial charge on any atom is 0.150 e. The van der Waals surface area contributed by atoms with E-state index in [4.69, 9.17) is 18.9 Å². The largest absolute Gasteiger partial charge is 0.488 e. The highest BCUT2D eigenvalue weighted by Crippen LogP contribution is 2.42. The number of ether oxygens (including phenoxy) is 4. The van der Waals surface area contributed by atoms with Crippen LogP contribution in [-0.2, 0) is 38.8 Å². The summed E-state index contributed by atoms with van der Waals surface area (Å²) in [5, 5.41) is 0. The summed E-state index contributed by atoms with van der Waals surface area (Å²) in [4.78, 5) is 0. The van der Waals surface area contributed by atoms with Crippen LogP contribution in [0.25, 0.3) is 0 Å². The molecule has 0 amide bonds. The zero-order valence-corrected chi connectivity index (χ0v) is 22.6. The van der Waals surface area contributed by atoms with Crippen molar-refractivity contribution in [2.75, 3.05) is 18.1 Å². The van der Waals surface area contributed by atoms with Crippen LogP contribution in [0.2, 0.25) is 0 Å². The average molecular weight is 535 g/mol. The molecule has 0 unspecified atom stereocenters. The van der Waals surface area contributed by atoms with Crippen molar-refractivity contribution in [1.82, 2.24) is 0 Å². The molecule has 194 valence electrons. The van der Waals surface area contributed by atoms with Crippen molar-refractivity contribution in [3.05, 3.63) is 118 Å². The molecule has 0 bridgehead atoms. The molecule has 0 N–H and O–H groups in total. The summed E-state index contributed by atoms with van der Waals surface area (Å²) in [6.07, 6.45) is 1.30. The Morgan fingerprint density at radius 1 is 0.676 bits per heavy atom. The number of hydrogen-bond donors (Lipinski definition) is 0. The van der Waals surface area contributed by atoms with Gasteiger partial charge in [-0.25, -0.2) is 0 Å². The third kappa shape index (κ3) is 7.88. The van der Waals surface area contributed by atoms with Crippen molar-refractivity contribution in [3.8, 4) is 0 Å². The summed E-state index contributed by atoms with van der Waals surface area (Å²) in [5.74, 6) is 3.29.